The summed E-state index contributed by atoms with van der Waals surface area (Å²) in [6, 6.07) is -0.139. The zero-order valence-corrected chi connectivity index (χ0v) is 5.93. The van der Waals surface area contributed by atoms with E-state index in [4.69, 9.17) is 5.11 Å². The van der Waals surface area contributed by atoms with E-state index in [0.29, 0.717) is 6.54 Å². The van der Waals surface area contributed by atoms with Crippen molar-refractivity contribution in [2.45, 2.75) is 6.04 Å². The number of aliphatic hydroxyl groups excluding tert-OH is 1. The molecule has 54 valence electrons. The smallest absolute Gasteiger partial charge is 0.211 e. The van der Waals surface area contributed by atoms with Gasteiger partial charge in [0.2, 0.25) is 10.0 Å². The fourth-order valence-electron chi connectivity index (χ4n) is 0.716. The Kier molecular flexibility index (Phi) is 1.50. The van der Waals surface area contributed by atoms with E-state index in [-0.39, 0.29) is 12.6 Å². The maximum absolute atomic E-state index is 10.6. The van der Waals surface area contributed by atoms with Crippen molar-refractivity contribution >= 4 is 10.0 Å². The Balaban J connectivity index is 2.53. The summed E-state index contributed by atoms with van der Waals surface area (Å²) in [6.45, 7) is 0.419. The number of sulfonamides is 1. The topological polar surface area (TPSA) is 57.4 Å². The first kappa shape index (κ1) is 6.98. The second-order valence-corrected chi connectivity index (χ2v) is 4.10. The minimum atomic E-state index is -3.02. The monoisotopic (exact) mass is 151 g/mol. The highest BCUT2D eigenvalue weighted by Gasteiger charge is 2.40. The summed E-state index contributed by atoms with van der Waals surface area (Å²) in [4.78, 5) is 0. The van der Waals surface area contributed by atoms with E-state index in [1.54, 1.807) is 0 Å². The van der Waals surface area contributed by atoms with E-state index in [1.807, 2.05) is 0 Å². The maximum atomic E-state index is 10.6. The van der Waals surface area contributed by atoms with Crippen LogP contribution in [0.3, 0.4) is 0 Å². The fraction of sp³-hybridized carbons (Fsp3) is 1.00. The number of aliphatic hydroxyl groups is 1. The van der Waals surface area contributed by atoms with Crippen molar-refractivity contribution in [3.8, 4) is 0 Å². The number of hydrogen-bond acceptors (Lipinski definition) is 3. The van der Waals surface area contributed by atoms with Crippen molar-refractivity contribution in [3.05, 3.63) is 0 Å². The third kappa shape index (κ3) is 1.41. The van der Waals surface area contributed by atoms with Crippen LogP contribution in [0.1, 0.15) is 0 Å². The lowest BCUT2D eigenvalue weighted by Gasteiger charge is -1.94. The van der Waals surface area contributed by atoms with Gasteiger partial charge in [-0.3, -0.25) is 0 Å². The number of rotatable bonds is 2. The van der Waals surface area contributed by atoms with Crippen LogP contribution in [0.25, 0.3) is 0 Å². The molecule has 0 aliphatic carbocycles. The lowest BCUT2D eigenvalue weighted by molar-refractivity contribution is 0.287. The van der Waals surface area contributed by atoms with E-state index < -0.39 is 10.0 Å². The summed E-state index contributed by atoms with van der Waals surface area (Å²) < 4.78 is 22.4. The van der Waals surface area contributed by atoms with E-state index in [1.165, 1.54) is 4.31 Å². The number of nitrogens with zero attached hydrogens (tertiary/aromatic N) is 1. The summed E-state index contributed by atoms with van der Waals surface area (Å²) in [5, 5.41) is 8.43. The Morgan fingerprint density at radius 2 is 2.33 bits per heavy atom. The molecule has 0 aromatic carbocycles. The highest BCUT2D eigenvalue weighted by atomic mass is 32.2. The van der Waals surface area contributed by atoms with Gasteiger partial charge in [-0.05, 0) is 0 Å². The Morgan fingerprint density at radius 1 is 1.78 bits per heavy atom. The maximum Gasteiger partial charge on any atom is 0.211 e. The van der Waals surface area contributed by atoms with Crippen molar-refractivity contribution in [1.82, 2.24) is 4.31 Å². The van der Waals surface area contributed by atoms with Gasteiger partial charge in [0.05, 0.1) is 18.9 Å². The molecule has 0 bridgehead atoms. The standard InChI is InChI=1S/C4H9NO3S/c1-9(7,8)5-2-4(5)3-6/h4,6H,2-3H2,1H3/t4-,5?/m0/s1. The van der Waals surface area contributed by atoms with E-state index in [9.17, 15) is 8.42 Å². The molecule has 5 heteroatoms. The van der Waals surface area contributed by atoms with Gasteiger partial charge in [-0.25, -0.2) is 8.42 Å². The van der Waals surface area contributed by atoms with Gasteiger partial charge in [-0.1, -0.05) is 0 Å². The molecule has 2 atom stereocenters. The summed E-state index contributed by atoms with van der Waals surface area (Å²) in [6.07, 6.45) is 1.14. The summed E-state index contributed by atoms with van der Waals surface area (Å²) >= 11 is 0. The predicted octanol–water partition coefficient (Wildman–Crippen LogP) is -1.38. The molecular formula is C4H9NO3S. The minimum Gasteiger partial charge on any atom is -0.395 e. The van der Waals surface area contributed by atoms with Crippen LogP contribution in [0.2, 0.25) is 0 Å². The second-order valence-electron chi connectivity index (χ2n) is 2.17. The fourth-order valence-corrected chi connectivity index (χ4v) is 1.77. The zero-order chi connectivity index (χ0) is 7.07. The second kappa shape index (κ2) is 1.93. The lowest BCUT2D eigenvalue weighted by Crippen LogP contribution is -2.13. The molecule has 1 rings (SSSR count). The van der Waals surface area contributed by atoms with Crippen LogP contribution in [0.4, 0.5) is 0 Å². The molecule has 1 heterocycles. The van der Waals surface area contributed by atoms with Crippen molar-refractivity contribution in [2.24, 2.45) is 0 Å². The van der Waals surface area contributed by atoms with Gasteiger partial charge in [-0.15, -0.1) is 0 Å². The molecule has 1 aliphatic heterocycles. The van der Waals surface area contributed by atoms with E-state index in [0.717, 1.165) is 6.26 Å². The first-order chi connectivity index (χ1) is 4.05. The normalized spacial score (nSPS) is 34.4. The summed E-state index contributed by atoms with van der Waals surface area (Å²) in [5.41, 5.74) is 0. The molecule has 0 spiro atoms. The highest BCUT2D eigenvalue weighted by Crippen LogP contribution is 2.19. The molecule has 1 aliphatic rings. The molecule has 1 N–H and O–H groups in total. The number of hydrogen-bond donors (Lipinski definition) is 1. The summed E-state index contributed by atoms with van der Waals surface area (Å²) in [5.74, 6) is 0. The molecule has 0 aromatic heterocycles. The molecule has 1 fully saturated rings. The zero-order valence-electron chi connectivity index (χ0n) is 5.11. The third-order valence-electron chi connectivity index (χ3n) is 1.30. The van der Waals surface area contributed by atoms with Gasteiger partial charge in [0, 0.05) is 6.54 Å². The van der Waals surface area contributed by atoms with Crippen LogP contribution in [0.15, 0.2) is 0 Å². The predicted molar refractivity (Wildman–Crippen MR) is 32.4 cm³/mol. The van der Waals surface area contributed by atoms with E-state index >= 15 is 0 Å². The van der Waals surface area contributed by atoms with Crippen molar-refractivity contribution in [2.75, 3.05) is 19.4 Å². The van der Waals surface area contributed by atoms with Crippen LogP contribution < -0.4 is 0 Å². The third-order valence-corrected chi connectivity index (χ3v) is 2.60. The van der Waals surface area contributed by atoms with Gasteiger partial charge >= 0.3 is 0 Å². The quantitative estimate of drug-likeness (QED) is 0.495. The van der Waals surface area contributed by atoms with Crippen molar-refractivity contribution in [1.29, 1.82) is 0 Å². The lowest BCUT2D eigenvalue weighted by atomic mass is 10.5. The van der Waals surface area contributed by atoms with Crippen molar-refractivity contribution in [3.63, 3.8) is 0 Å². The molecule has 0 amide bonds. The van der Waals surface area contributed by atoms with Gasteiger partial charge in [0.1, 0.15) is 0 Å². The molecule has 4 nitrogen and oxygen atoms in total. The summed E-state index contributed by atoms with van der Waals surface area (Å²) in [7, 11) is -3.02. The minimum absolute atomic E-state index is 0.0624. The van der Waals surface area contributed by atoms with Gasteiger partial charge in [-0.2, -0.15) is 4.31 Å². The Hall–Kier alpha value is -0.130. The van der Waals surface area contributed by atoms with Crippen molar-refractivity contribution < 1.29 is 13.5 Å². The molecule has 9 heavy (non-hydrogen) atoms. The molecule has 0 aromatic rings. The first-order valence-corrected chi connectivity index (χ1v) is 4.48. The van der Waals surface area contributed by atoms with E-state index in [2.05, 4.69) is 0 Å². The Morgan fingerprint density at radius 3 is 2.44 bits per heavy atom. The van der Waals surface area contributed by atoms with Gasteiger partial charge < -0.3 is 5.11 Å². The van der Waals surface area contributed by atoms with Gasteiger partial charge in [0.15, 0.2) is 0 Å². The first-order valence-electron chi connectivity index (χ1n) is 2.63. The van der Waals surface area contributed by atoms with Crippen LogP contribution in [-0.2, 0) is 10.0 Å². The average Bonchev–Trinajstić information content (AvgIpc) is 2.39. The molecular weight excluding hydrogens is 142 g/mol. The SMILES string of the molecule is CS(=O)(=O)N1C[C@H]1CO. The molecule has 0 saturated carbocycles. The highest BCUT2D eigenvalue weighted by molar-refractivity contribution is 7.88. The van der Waals surface area contributed by atoms with Crippen LogP contribution in [-0.4, -0.2) is 43.3 Å². The Labute approximate surface area is 54.1 Å². The van der Waals surface area contributed by atoms with Crippen LogP contribution in [0, 0.1) is 0 Å². The molecule has 1 saturated heterocycles. The van der Waals surface area contributed by atoms with Crippen LogP contribution >= 0.6 is 0 Å². The molecule has 1 unspecified atom stereocenters. The van der Waals surface area contributed by atoms with Gasteiger partial charge in [0.25, 0.3) is 0 Å². The average molecular weight is 151 g/mol. The Bertz CT molecular complexity index is 198. The largest absolute Gasteiger partial charge is 0.395 e. The van der Waals surface area contributed by atoms with Crippen LogP contribution in [0.5, 0.6) is 0 Å². The molecule has 0 radical (unpaired) electrons.